The van der Waals surface area contributed by atoms with Crippen LogP contribution in [0.25, 0.3) is 0 Å². The molecule has 27 heavy (non-hydrogen) atoms. The summed E-state index contributed by atoms with van der Waals surface area (Å²) in [4.78, 5) is 4.59. The average molecular weight is 376 g/mol. The maximum Gasteiger partial charge on any atom is 0.146 e. The van der Waals surface area contributed by atoms with Crippen LogP contribution in [0.3, 0.4) is 0 Å². The van der Waals surface area contributed by atoms with E-state index in [9.17, 15) is 9.60 Å². The molecule has 1 aliphatic carbocycles. The van der Waals surface area contributed by atoms with Gasteiger partial charge in [-0.3, -0.25) is 4.90 Å². The largest absolute Gasteiger partial charge is 0.411 e. The second kappa shape index (κ2) is 10.6. The molecule has 1 atom stereocenters. The van der Waals surface area contributed by atoms with Gasteiger partial charge in [0.05, 0.1) is 17.4 Å². The van der Waals surface area contributed by atoms with Crippen LogP contribution in [-0.4, -0.2) is 48.0 Å². The van der Waals surface area contributed by atoms with Gasteiger partial charge in [0.2, 0.25) is 0 Å². The minimum absolute atomic E-state index is 0.144. The number of piperazine rings is 1. The molecule has 0 bridgehead atoms. The fraction of sp³-hybridized carbons (Fsp3) is 0.682. The number of benzene rings is 1. The van der Waals surface area contributed by atoms with Gasteiger partial charge in [-0.05, 0) is 31.4 Å². The van der Waals surface area contributed by atoms with E-state index in [1.54, 1.807) is 6.07 Å². The molecule has 1 saturated carbocycles. The average Bonchev–Trinajstić information content (AvgIpc) is 2.69. The van der Waals surface area contributed by atoms with Crippen molar-refractivity contribution in [1.82, 2.24) is 4.90 Å². The summed E-state index contributed by atoms with van der Waals surface area (Å²) >= 11 is 0. The van der Waals surface area contributed by atoms with Crippen LogP contribution in [0.5, 0.6) is 0 Å². The van der Waals surface area contributed by atoms with Gasteiger partial charge in [0, 0.05) is 26.2 Å². The molecule has 1 saturated heterocycles. The van der Waals surface area contributed by atoms with E-state index >= 15 is 0 Å². The lowest BCUT2D eigenvalue weighted by Gasteiger charge is -2.40. The van der Waals surface area contributed by atoms with E-state index in [1.165, 1.54) is 51.0 Å². The summed E-state index contributed by atoms with van der Waals surface area (Å²) < 4.78 is 14.1. The predicted molar refractivity (Wildman–Crippen MR) is 109 cm³/mol. The first-order valence-corrected chi connectivity index (χ1v) is 10.7. The summed E-state index contributed by atoms with van der Waals surface area (Å²) in [6, 6.07) is 7.27. The molecule has 1 aromatic carbocycles. The molecule has 0 radical (unpaired) electrons. The highest BCUT2D eigenvalue weighted by atomic mass is 19.1. The maximum atomic E-state index is 14.1. The molecule has 5 heteroatoms. The summed E-state index contributed by atoms with van der Waals surface area (Å²) in [6.07, 6.45) is 12.1. The lowest BCUT2D eigenvalue weighted by atomic mass is 9.95. The lowest BCUT2D eigenvalue weighted by molar-refractivity contribution is 0.207. The maximum absolute atomic E-state index is 14.1. The van der Waals surface area contributed by atoms with Crippen LogP contribution in [0.2, 0.25) is 0 Å². The van der Waals surface area contributed by atoms with Crippen molar-refractivity contribution in [3.8, 4) is 0 Å². The molecule has 1 aromatic rings. The van der Waals surface area contributed by atoms with E-state index in [4.69, 9.17) is 0 Å². The fourth-order valence-corrected chi connectivity index (χ4v) is 4.53. The zero-order valence-electron chi connectivity index (χ0n) is 16.5. The van der Waals surface area contributed by atoms with Crippen molar-refractivity contribution in [3.63, 3.8) is 0 Å². The molecule has 3 rings (SSSR count). The zero-order valence-corrected chi connectivity index (χ0v) is 16.5. The lowest BCUT2D eigenvalue weighted by Crippen LogP contribution is -2.53. The summed E-state index contributed by atoms with van der Waals surface area (Å²) in [5, 5.41) is 13.4. The molecule has 150 valence electrons. The van der Waals surface area contributed by atoms with Gasteiger partial charge in [0.1, 0.15) is 5.82 Å². The number of rotatable bonds is 2. The molecule has 0 aromatic heterocycles. The Morgan fingerprint density at radius 3 is 2.15 bits per heavy atom. The highest BCUT2D eigenvalue weighted by Gasteiger charge is 2.28. The molecule has 2 fully saturated rings. The molecule has 1 heterocycles. The third-order valence-corrected chi connectivity index (χ3v) is 6.12. The second-order valence-electron chi connectivity index (χ2n) is 7.95. The number of oxime groups is 1. The fourth-order valence-electron chi connectivity index (χ4n) is 4.53. The van der Waals surface area contributed by atoms with Crippen molar-refractivity contribution in [1.29, 1.82) is 0 Å². The molecule has 4 nitrogen and oxygen atoms in total. The summed E-state index contributed by atoms with van der Waals surface area (Å²) in [5.74, 6) is -0.144. The first-order valence-electron chi connectivity index (χ1n) is 10.7. The number of anilines is 1. The molecule has 1 aliphatic heterocycles. The van der Waals surface area contributed by atoms with Crippen molar-refractivity contribution in [2.75, 3.05) is 31.1 Å². The van der Waals surface area contributed by atoms with Gasteiger partial charge >= 0.3 is 0 Å². The van der Waals surface area contributed by atoms with E-state index in [2.05, 4.69) is 15.0 Å². The van der Waals surface area contributed by atoms with Crippen LogP contribution in [0, 0.1) is 5.82 Å². The van der Waals surface area contributed by atoms with Crippen molar-refractivity contribution in [3.05, 3.63) is 30.1 Å². The molecule has 0 amide bonds. The van der Waals surface area contributed by atoms with Crippen LogP contribution >= 0.6 is 0 Å². The van der Waals surface area contributed by atoms with Gasteiger partial charge in [0.25, 0.3) is 0 Å². The topological polar surface area (TPSA) is 39.1 Å². The van der Waals surface area contributed by atoms with Gasteiger partial charge < -0.3 is 10.1 Å². The van der Waals surface area contributed by atoms with Crippen molar-refractivity contribution in [2.24, 2.45) is 5.16 Å². The quantitative estimate of drug-likeness (QED) is 0.580. The molecule has 0 spiro atoms. The van der Waals surface area contributed by atoms with Gasteiger partial charge in [-0.15, -0.1) is 0 Å². The number of hydrogen-bond acceptors (Lipinski definition) is 4. The Bertz CT molecular complexity index is 599. The van der Waals surface area contributed by atoms with E-state index in [1.807, 2.05) is 12.1 Å². The third-order valence-electron chi connectivity index (χ3n) is 6.12. The van der Waals surface area contributed by atoms with Crippen LogP contribution in [0.15, 0.2) is 29.4 Å². The molecule has 1 N–H and O–H groups in total. The smallest absolute Gasteiger partial charge is 0.146 e. The Kier molecular flexibility index (Phi) is 7.93. The normalized spacial score (nSPS) is 25.7. The predicted octanol–water partition coefficient (Wildman–Crippen LogP) is 5.06. The highest BCUT2D eigenvalue weighted by Crippen LogP contribution is 2.24. The van der Waals surface area contributed by atoms with Gasteiger partial charge in [-0.25, -0.2) is 4.39 Å². The Labute approximate surface area is 163 Å². The minimum atomic E-state index is -0.144. The van der Waals surface area contributed by atoms with Crippen LogP contribution in [0.1, 0.15) is 64.2 Å². The third kappa shape index (κ3) is 5.68. The van der Waals surface area contributed by atoms with Crippen molar-refractivity contribution < 1.29 is 9.60 Å². The molecular weight excluding hydrogens is 341 g/mol. The number of halogens is 1. The van der Waals surface area contributed by atoms with Gasteiger partial charge in [-0.1, -0.05) is 62.2 Å². The summed E-state index contributed by atoms with van der Waals surface area (Å²) in [5.41, 5.74) is 1.65. The molecule has 2 aliphatic rings. The Hall–Kier alpha value is -1.62. The van der Waals surface area contributed by atoms with Crippen molar-refractivity contribution in [2.45, 2.75) is 70.3 Å². The van der Waals surface area contributed by atoms with E-state index in [0.717, 1.165) is 51.2 Å². The standard InChI is InChI=1S/C22H34FN3O/c23-19-11-9-10-13-21(19)25-15-17-26(18-16-25)22-14-8-6-4-2-1-3-5-7-12-20(22)24-27/h9-11,13,22,27H,1-8,12,14-18H2/b24-20-. The van der Waals surface area contributed by atoms with Crippen molar-refractivity contribution >= 4 is 11.4 Å². The summed E-state index contributed by atoms with van der Waals surface area (Å²) in [6.45, 7) is 3.41. The van der Waals surface area contributed by atoms with Crippen LogP contribution in [-0.2, 0) is 0 Å². The number of nitrogens with zero attached hydrogens (tertiary/aromatic N) is 3. The zero-order chi connectivity index (χ0) is 18.9. The summed E-state index contributed by atoms with van der Waals surface area (Å²) in [7, 11) is 0. The monoisotopic (exact) mass is 375 g/mol. The van der Waals surface area contributed by atoms with E-state index in [-0.39, 0.29) is 11.9 Å². The first-order chi connectivity index (χ1) is 13.3. The second-order valence-corrected chi connectivity index (χ2v) is 7.95. The first kappa shape index (κ1) is 20.1. The Morgan fingerprint density at radius 2 is 1.48 bits per heavy atom. The minimum Gasteiger partial charge on any atom is -0.411 e. The number of hydrogen-bond donors (Lipinski definition) is 1. The van der Waals surface area contributed by atoms with E-state index < -0.39 is 0 Å². The van der Waals surface area contributed by atoms with Crippen LogP contribution < -0.4 is 4.90 Å². The number of para-hydroxylation sites is 1. The van der Waals surface area contributed by atoms with E-state index in [0.29, 0.717) is 5.69 Å². The molecule has 1 unspecified atom stereocenters. The SMILES string of the molecule is O/N=C1/CCCCCCCCCCC1N1CCN(c2ccccc2F)CC1. The molecular formula is C22H34FN3O. The van der Waals surface area contributed by atoms with Gasteiger partial charge in [0.15, 0.2) is 0 Å². The highest BCUT2D eigenvalue weighted by molar-refractivity contribution is 5.89. The van der Waals surface area contributed by atoms with Crippen LogP contribution in [0.4, 0.5) is 10.1 Å². The Balaban J connectivity index is 1.62. The van der Waals surface area contributed by atoms with Gasteiger partial charge in [-0.2, -0.15) is 0 Å². The Morgan fingerprint density at radius 1 is 0.852 bits per heavy atom.